The summed E-state index contributed by atoms with van der Waals surface area (Å²) in [5.74, 6) is 0. The van der Waals surface area contributed by atoms with Crippen LogP contribution in [0.1, 0.15) is 11.7 Å². The third-order valence-electron chi connectivity index (χ3n) is 2.42. The van der Waals surface area contributed by atoms with Gasteiger partial charge in [-0.3, -0.25) is 0 Å². The molecule has 0 saturated carbocycles. The van der Waals surface area contributed by atoms with Crippen molar-refractivity contribution in [2.24, 2.45) is 5.73 Å². The van der Waals surface area contributed by atoms with Crippen molar-refractivity contribution < 1.29 is 10.2 Å². The number of hydrogen-bond acceptors (Lipinski definition) is 4. The van der Waals surface area contributed by atoms with Gasteiger partial charge in [0.2, 0.25) is 0 Å². The fourth-order valence-corrected chi connectivity index (χ4v) is 2.29. The van der Waals surface area contributed by atoms with E-state index in [1.165, 1.54) is 4.70 Å². The maximum Gasteiger partial charge on any atom is 0.106 e. The van der Waals surface area contributed by atoms with Crippen LogP contribution in [-0.4, -0.2) is 22.9 Å². The van der Waals surface area contributed by atoms with Gasteiger partial charge in [0, 0.05) is 11.2 Å². The van der Waals surface area contributed by atoms with Gasteiger partial charge in [0.1, 0.15) is 6.10 Å². The molecular formula is C11H13NO2S. The van der Waals surface area contributed by atoms with Crippen LogP contribution in [0.5, 0.6) is 0 Å². The molecule has 2 atom stereocenters. The summed E-state index contributed by atoms with van der Waals surface area (Å²) in [4.78, 5) is 0. The Morgan fingerprint density at radius 2 is 2.07 bits per heavy atom. The van der Waals surface area contributed by atoms with E-state index in [1.807, 2.05) is 29.6 Å². The maximum absolute atomic E-state index is 9.76. The summed E-state index contributed by atoms with van der Waals surface area (Å²) in [5.41, 5.74) is 6.00. The molecule has 0 spiro atoms. The van der Waals surface area contributed by atoms with Gasteiger partial charge in [0.25, 0.3) is 0 Å². The van der Waals surface area contributed by atoms with Gasteiger partial charge in [-0.2, -0.15) is 0 Å². The zero-order valence-corrected chi connectivity index (χ0v) is 8.95. The molecule has 4 heteroatoms. The first-order valence-electron chi connectivity index (χ1n) is 4.75. The first kappa shape index (κ1) is 10.6. The second kappa shape index (κ2) is 4.28. The van der Waals surface area contributed by atoms with Crippen molar-refractivity contribution in [1.29, 1.82) is 0 Å². The van der Waals surface area contributed by atoms with Gasteiger partial charge in [0.05, 0.1) is 6.10 Å². The Hall–Kier alpha value is -0.940. The van der Waals surface area contributed by atoms with Crippen molar-refractivity contribution >= 4 is 21.4 Å². The average molecular weight is 223 g/mol. The average Bonchev–Trinajstić information content (AvgIpc) is 2.73. The molecule has 2 aromatic rings. The predicted molar refractivity (Wildman–Crippen MR) is 61.8 cm³/mol. The number of thiophene rings is 1. The zero-order chi connectivity index (χ0) is 10.8. The molecule has 0 aliphatic rings. The van der Waals surface area contributed by atoms with E-state index in [2.05, 4.69) is 0 Å². The fraction of sp³-hybridized carbons (Fsp3) is 0.273. The van der Waals surface area contributed by atoms with Gasteiger partial charge in [-0.15, -0.1) is 11.3 Å². The Labute approximate surface area is 91.8 Å². The minimum atomic E-state index is -0.903. The first-order chi connectivity index (χ1) is 7.22. The van der Waals surface area contributed by atoms with Crippen LogP contribution >= 0.6 is 11.3 Å². The van der Waals surface area contributed by atoms with Gasteiger partial charge in [0.15, 0.2) is 0 Å². The van der Waals surface area contributed by atoms with Crippen molar-refractivity contribution in [3.63, 3.8) is 0 Å². The quantitative estimate of drug-likeness (QED) is 0.733. The fourth-order valence-electron chi connectivity index (χ4n) is 1.52. The van der Waals surface area contributed by atoms with Crippen LogP contribution in [0.15, 0.2) is 29.6 Å². The number of hydrogen-bond donors (Lipinski definition) is 3. The number of nitrogens with two attached hydrogens (primary N) is 1. The molecule has 0 amide bonds. The Kier molecular flexibility index (Phi) is 3.02. The smallest absolute Gasteiger partial charge is 0.106 e. The summed E-state index contributed by atoms with van der Waals surface area (Å²) >= 11 is 1.65. The molecule has 1 aromatic carbocycles. The summed E-state index contributed by atoms with van der Waals surface area (Å²) in [7, 11) is 0. The second-order valence-corrected chi connectivity index (χ2v) is 4.41. The maximum atomic E-state index is 9.76. The zero-order valence-electron chi connectivity index (χ0n) is 8.13. The van der Waals surface area contributed by atoms with E-state index >= 15 is 0 Å². The van der Waals surface area contributed by atoms with Gasteiger partial charge in [-0.1, -0.05) is 6.07 Å². The Balaban J connectivity index is 2.35. The molecule has 0 aliphatic carbocycles. The van der Waals surface area contributed by atoms with E-state index < -0.39 is 12.2 Å². The van der Waals surface area contributed by atoms with Crippen molar-refractivity contribution in [1.82, 2.24) is 0 Å². The minimum absolute atomic E-state index is 0.0584. The molecule has 1 aromatic heterocycles. The standard InChI is InChI=1S/C11H13NO2S/c12-6-9(13)11(14)8-1-2-10-7(5-8)3-4-15-10/h1-5,9,11,13-14H,6,12H2. The van der Waals surface area contributed by atoms with Crippen LogP contribution in [-0.2, 0) is 0 Å². The lowest BCUT2D eigenvalue weighted by molar-refractivity contribution is 0.0244. The van der Waals surface area contributed by atoms with Crippen molar-refractivity contribution in [3.8, 4) is 0 Å². The van der Waals surface area contributed by atoms with E-state index in [0.717, 1.165) is 5.39 Å². The highest BCUT2D eigenvalue weighted by molar-refractivity contribution is 7.17. The number of benzene rings is 1. The van der Waals surface area contributed by atoms with Crippen LogP contribution in [0.2, 0.25) is 0 Å². The molecule has 1 heterocycles. The largest absolute Gasteiger partial charge is 0.389 e. The SMILES string of the molecule is NCC(O)C(O)c1ccc2sccc2c1. The van der Waals surface area contributed by atoms with Gasteiger partial charge in [-0.25, -0.2) is 0 Å². The molecule has 0 aliphatic heterocycles. The first-order valence-corrected chi connectivity index (χ1v) is 5.63. The molecule has 0 bridgehead atoms. The number of aliphatic hydroxyl groups excluding tert-OH is 2. The van der Waals surface area contributed by atoms with E-state index in [1.54, 1.807) is 11.3 Å². The minimum Gasteiger partial charge on any atom is -0.389 e. The number of rotatable bonds is 3. The molecule has 3 nitrogen and oxygen atoms in total. The predicted octanol–water partition coefficient (Wildman–Crippen LogP) is 1.25. The second-order valence-electron chi connectivity index (χ2n) is 3.47. The third kappa shape index (κ3) is 2.03. The number of aliphatic hydroxyl groups is 2. The van der Waals surface area contributed by atoms with Crippen LogP contribution in [0.3, 0.4) is 0 Å². The van der Waals surface area contributed by atoms with Crippen molar-refractivity contribution in [2.45, 2.75) is 12.2 Å². The molecular weight excluding hydrogens is 210 g/mol. The van der Waals surface area contributed by atoms with E-state index in [0.29, 0.717) is 5.56 Å². The number of fused-ring (bicyclic) bond motifs is 1. The topological polar surface area (TPSA) is 66.5 Å². The molecule has 0 radical (unpaired) electrons. The lowest BCUT2D eigenvalue weighted by Gasteiger charge is -2.16. The molecule has 2 rings (SSSR count). The molecule has 2 unspecified atom stereocenters. The molecule has 80 valence electrons. The lowest BCUT2D eigenvalue weighted by Crippen LogP contribution is -2.27. The van der Waals surface area contributed by atoms with Crippen LogP contribution in [0.25, 0.3) is 10.1 Å². The lowest BCUT2D eigenvalue weighted by atomic mass is 10.0. The Morgan fingerprint density at radius 3 is 2.80 bits per heavy atom. The molecule has 0 fully saturated rings. The van der Waals surface area contributed by atoms with Crippen molar-refractivity contribution in [3.05, 3.63) is 35.2 Å². The Morgan fingerprint density at radius 1 is 1.27 bits per heavy atom. The van der Waals surface area contributed by atoms with Gasteiger partial charge >= 0.3 is 0 Å². The summed E-state index contributed by atoms with van der Waals surface area (Å²) in [6, 6.07) is 7.64. The summed E-state index contributed by atoms with van der Waals surface area (Å²) in [6.07, 6.45) is -1.81. The molecule has 0 saturated heterocycles. The van der Waals surface area contributed by atoms with E-state index in [4.69, 9.17) is 5.73 Å². The van der Waals surface area contributed by atoms with Crippen LogP contribution in [0, 0.1) is 0 Å². The van der Waals surface area contributed by atoms with E-state index in [9.17, 15) is 10.2 Å². The van der Waals surface area contributed by atoms with E-state index in [-0.39, 0.29) is 6.54 Å². The highest BCUT2D eigenvalue weighted by Gasteiger charge is 2.16. The highest BCUT2D eigenvalue weighted by atomic mass is 32.1. The third-order valence-corrected chi connectivity index (χ3v) is 3.32. The van der Waals surface area contributed by atoms with Crippen LogP contribution in [0.4, 0.5) is 0 Å². The Bertz CT molecular complexity index is 455. The summed E-state index contributed by atoms with van der Waals surface area (Å²) in [5, 5.41) is 22.3. The van der Waals surface area contributed by atoms with Crippen LogP contribution < -0.4 is 5.73 Å². The molecule has 15 heavy (non-hydrogen) atoms. The van der Waals surface area contributed by atoms with Gasteiger partial charge < -0.3 is 15.9 Å². The monoisotopic (exact) mass is 223 g/mol. The van der Waals surface area contributed by atoms with Gasteiger partial charge in [-0.05, 0) is 34.5 Å². The summed E-state index contributed by atoms with van der Waals surface area (Å²) < 4.78 is 1.17. The normalized spacial score (nSPS) is 15.4. The summed E-state index contributed by atoms with van der Waals surface area (Å²) in [6.45, 7) is 0.0584. The van der Waals surface area contributed by atoms with Crippen molar-refractivity contribution in [2.75, 3.05) is 6.54 Å². The highest BCUT2D eigenvalue weighted by Crippen LogP contribution is 2.25. The molecule has 4 N–H and O–H groups in total.